The predicted molar refractivity (Wildman–Crippen MR) is 43.2 cm³/mol. The molecule has 2 heteroatoms. The van der Waals surface area contributed by atoms with Gasteiger partial charge in [-0.15, -0.1) is 6.58 Å². The minimum absolute atomic E-state index is 0.664. The zero-order chi connectivity index (χ0) is 7.11. The molecule has 0 heterocycles. The fourth-order valence-corrected chi connectivity index (χ4v) is 0.559. The number of halogens is 1. The van der Waals surface area contributed by atoms with E-state index in [4.69, 9.17) is 11.6 Å². The van der Waals surface area contributed by atoms with Gasteiger partial charge in [-0.3, -0.25) is 4.99 Å². The Kier molecular flexibility index (Phi) is 5.23. The first kappa shape index (κ1) is 8.44. The lowest BCUT2D eigenvalue weighted by Crippen LogP contribution is -1.71. The summed E-state index contributed by atoms with van der Waals surface area (Å²) in [6.45, 7) is 3.55. The molecule has 0 aliphatic heterocycles. The third-order valence-electron chi connectivity index (χ3n) is 0.732. The molecule has 0 radical (unpaired) electrons. The van der Waals surface area contributed by atoms with Gasteiger partial charge in [-0.25, -0.2) is 0 Å². The van der Waals surface area contributed by atoms with E-state index in [1.54, 1.807) is 19.3 Å². The summed E-state index contributed by atoms with van der Waals surface area (Å²) in [5, 5.41) is 0.664. The molecule has 50 valence electrons. The molecule has 0 aliphatic rings. The van der Waals surface area contributed by atoms with Crippen LogP contribution in [-0.2, 0) is 0 Å². The van der Waals surface area contributed by atoms with Crippen LogP contribution in [0.2, 0.25) is 0 Å². The highest BCUT2D eigenvalue weighted by Gasteiger charge is 1.79. The second-order valence-corrected chi connectivity index (χ2v) is 1.94. The molecule has 0 aliphatic carbocycles. The van der Waals surface area contributed by atoms with Gasteiger partial charge >= 0.3 is 0 Å². The molecule has 0 saturated heterocycles. The van der Waals surface area contributed by atoms with Crippen molar-refractivity contribution in [2.24, 2.45) is 4.99 Å². The average Bonchev–Trinajstić information content (AvgIpc) is 1.85. The van der Waals surface area contributed by atoms with Crippen LogP contribution in [0.1, 0.15) is 6.42 Å². The monoisotopic (exact) mass is 143 g/mol. The molecular weight excluding hydrogens is 134 g/mol. The van der Waals surface area contributed by atoms with Crippen molar-refractivity contribution >= 4 is 17.8 Å². The third kappa shape index (κ3) is 5.31. The van der Waals surface area contributed by atoms with Gasteiger partial charge in [-0.2, -0.15) is 0 Å². The van der Waals surface area contributed by atoms with Gasteiger partial charge in [-0.05, 0) is 6.42 Å². The second-order valence-electron chi connectivity index (χ2n) is 1.50. The van der Waals surface area contributed by atoms with Crippen LogP contribution in [0.15, 0.2) is 28.8 Å². The summed E-state index contributed by atoms with van der Waals surface area (Å²) in [5.41, 5.74) is 0. The summed E-state index contributed by atoms with van der Waals surface area (Å²) in [5.74, 6) is 0. The van der Waals surface area contributed by atoms with Crippen molar-refractivity contribution < 1.29 is 0 Å². The van der Waals surface area contributed by atoms with Gasteiger partial charge in [0.1, 0.15) is 0 Å². The van der Waals surface area contributed by atoms with Crippen molar-refractivity contribution in [3.05, 3.63) is 23.8 Å². The number of hydrogen-bond donors (Lipinski definition) is 0. The van der Waals surface area contributed by atoms with E-state index < -0.39 is 0 Å². The Hall–Kier alpha value is -0.560. The summed E-state index contributed by atoms with van der Waals surface area (Å²) < 4.78 is 0. The largest absolute Gasteiger partial charge is 0.295 e. The fourth-order valence-electron chi connectivity index (χ4n) is 0.372. The molecule has 1 nitrogen and oxygen atoms in total. The summed E-state index contributed by atoms with van der Waals surface area (Å²) >= 11 is 5.62. The van der Waals surface area contributed by atoms with Crippen LogP contribution in [0, 0.1) is 0 Å². The van der Waals surface area contributed by atoms with E-state index in [0.717, 1.165) is 6.42 Å². The van der Waals surface area contributed by atoms with Crippen molar-refractivity contribution in [3.8, 4) is 0 Å². The minimum Gasteiger partial charge on any atom is -0.295 e. The van der Waals surface area contributed by atoms with Gasteiger partial charge in [-0.1, -0.05) is 23.8 Å². The average molecular weight is 144 g/mol. The molecule has 0 aromatic heterocycles. The highest BCUT2D eigenvalue weighted by atomic mass is 35.5. The maximum Gasteiger partial charge on any atom is 0.0547 e. The molecule has 9 heavy (non-hydrogen) atoms. The third-order valence-corrected chi connectivity index (χ3v) is 0.984. The Labute approximate surface area is 60.7 Å². The Morgan fingerprint density at radius 1 is 1.78 bits per heavy atom. The standard InChI is InChI=1S/C7H10ClN/c1-3-4-5-7(8)6-9-2/h3,5-6H,1,4H2,2H3/b7-5+,9-6-. The molecule has 0 amide bonds. The van der Waals surface area contributed by atoms with Gasteiger partial charge in [0.25, 0.3) is 0 Å². The van der Waals surface area contributed by atoms with Crippen LogP contribution in [0.3, 0.4) is 0 Å². The van der Waals surface area contributed by atoms with E-state index in [1.165, 1.54) is 0 Å². The van der Waals surface area contributed by atoms with Gasteiger partial charge in [0.2, 0.25) is 0 Å². The normalized spacial score (nSPS) is 12.4. The van der Waals surface area contributed by atoms with Crippen LogP contribution < -0.4 is 0 Å². The van der Waals surface area contributed by atoms with Gasteiger partial charge in [0.15, 0.2) is 0 Å². The van der Waals surface area contributed by atoms with E-state index in [-0.39, 0.29) is 0 Å². The lowest BCUT2D eigenvalue weighted by atomic mass is 10.4. The van der Waals surface area contributed by atoms with Crippen molar-refractivity contribution in [1.29, 1.82) is 0 Å². The van der Waals surface area contributed by atoms with Crippen molar-refractivity contribution in [1.82, 2.24) is 0 Å². The topological polar surface area (TPSA) is 12.4 Å². The van der Waals surface area contributed by atoms with Crippen molar-refractivity contribution in [2.75, 3.05) is 7.05 Å². The number of rotatable bonds is 3. The highest BCUT2D eigenvalue weighted by molar-refractivity contribution is 6.39. The van der Waals surface area contributed by atoms with E-state index >= 15 is 0 Å². The number of aliphatic imine (C=N–C) groups is 1. The van der Waals surface area contributed by atoms with Gasteiger partial charge < -0.3 is 0 Å². The molecule has 0 N–H and O–H groups in total. The Balaban J connectivity index is 3.68. The molecule has 0 fully saturated rings. The molecule has 0 rings (SSSR count). The van der Waals surface area contributed by atoms with Crippen LogP contribution in [0.25, 0.3) is 0 Å². The first-order chi connectivity index (χ1) is 4.31. The van der Waals surface area contributed by atoms with E-state index in [9.17, 15) is 0 Å². The van der Waals surface area contributed by atoms with Gasteiger partial charge in [0.05, 0.1) is 5.03 Å². The molecule has 0 unspecified atom stereocenters. The van der Waals surface area contributed by atoms with Crippen molar-refractivity contribution in [3.63, 3.8) is 0 Å². The van der Waals surface area contributed by atoms with Crippen LogP contribution in [0.4, 0.5) is 0 Å². The number of nitrogens with zero attached hydrogens (tertiary/aromatic N) is 1. The van der Waals surface area contributed by atoms with Crippen LogP contribution in [0.5, 0.6) is 0 Å². The van der Waals surface area contributed by atoms with Gasteiger partial charge in [0, 0.05) is 13.3 Å². The van der Waals surface area contributed by atoms with E-state index in [1.807, 2.05) is 6.08 Å². The fraction of sp³-hybridized carbons (Fsp3) is 0.286. The first-order valence-electron chi connectivity index (χ1n) is 2.70. The zero-order valence-electron chi connectivity index (χ0n) is 5.47. The second kappa shape index (κ2) is 5.57. The van der Waals surface area contributed by atoms with Crippen LogP contribution in [-0.4, -0.2) is 13.3 Å². The van der Waals surface area contributed by atoms with Crippen molar-refractivity contribution in [2.45, 2.75) is 6.42 Å². The first-order valence-corrected chi connectivity index (χ1v) is 3.07. The predicted octanol–water partition coefficient (Wildman–Crippen LogP) is 2.39. The maximum absolute atomic E-state index is 5.62. The number of allylic oxidation sites excluding steroid dienone is 3. The smallest absolute Gasteiger partial charge is 0.0547 e. The zero-order valence-corrected chi connectivity index (χ0v) is 6.23. The maximum atomic E-state index is 5.62. The summed E-state index contributed by atoms with van der Waals surface area (Å²) in [4.78, 5) is 3.73. The van der Waals surface area contributed by atoms with Crippen LogP contribution >= 0.6 is 11.6 Å². The molecule has 0 atom stereocenters. The molecule has 0 spiro atoms. The molecule has 0 aromatic rings. The number of hydrogen-bond acceptors (Lipinski definition) is 1. The summed E-state index contributed by atoms with van der Waals surface area (Å²) in [6, 6.07) is 0. The Bertz CT molecular complexity index is 136. The lowest BCUT2D eigenvalue weighted by molar-refractivity contribution is 1.40. The van der Waals surface area contributed by atoms with E-state index in [0.29, 0.717) is 5.03 Å². The summed E-state index contributed by atoms with van der Waals surface area (Å²) in [7, 11) is 1.68. The molecule has 0 aromatic carbocycles. The SMILES string of the molecule is C=CC/C=C(Cl)\C=N/C. The minimum atomic E-state index is 0.664. The molecule has 0 bridgehead atoms. The molecular formula is C7H10ClN. The lowest BCUT2D eigenvalue weighted by Gasteiger charge is -1.83. The Morgan fingerprint density at radius 2 is 2.44 bits per heavy atom. The molecule has 0 saturated carbocycles. The summed E-state index contributed by atoms with van der Waals surface area (Å²) in [6.07, 6.45) is 6.03. The quantitative estimate of drug-likeness (QED) is 0.425. The highest BCUT2D eigenvalue weighted by Crippen LogP contribution is 1.98. The Morgan fingerprint density at radius 3 is 2.89 bits per heavy atom. The van der Waals surface area contributed by atoms with E-state index in [2.05, 4.69) is 11.6 Å².